The molecule has 0 saturated heterocycles. The van der Waals surface area contributed by atoms with Gasteiger partial charge in [-0.25, -0.2) is 4.98 Å². The van der Waals surface area contributed by atoms with Crippen LogP contribution in [-0.4, -0.2) is 15.0 Å². The number of aromatic amines is 2. The van der Waals surface area contributed by atoms with Gasteiger partial charge < -0.3 is 9.97 Å². The van der Waals surface area contributed by atoms with Crippen molar-refractivity contribution in [1.82, 2.24) is 15.0 Å². The summed E-state index contributed by atoms with van der Waals surface area (Å²) >= 11 is 0. The number of nitrogens with zero attached hydrogens (tertiary/aromatic N) is 1. The number of fused-ring (bicyclic) bond motifs is 3. The zero-order chi connectivity index (χ0) is 12.2. The molecule has 0 radical (unpaired) electrons. The van der Waals surface area contributed by atoms with Crippen molar-refractivity contribution in [1.29, 1.82) is 0 Å². The Kier molecular flexibility index (Phi) is 1.99. The van der Waals surface area contributed by atoms with Gasteiger partial charge in [0, 0.05) is 6.20 Å². The number of H-pyrrole nitrogens is 2. The normalized spacial score (nSPS) is 30.3. The van der Waals surface area contributed by atoms with E-state index in [9.17, 15) is 4.79 Å². The summed E-state index contributed by atoms with van der Waals surface area (Å²) in [7, 11) is 0. The SMILES string of the molecule is O=c1[nH]cnc2c(CC34CCC(CC3)C4)c[nH]c12. The summed E-state index contributed by atoms with van der Waals surface area (Å²) in [5, 5.41) is 0. The van der Waals surface area contributed by atoms with Crippen LogP contribution in [0.3, 0.4) is 0 Å². The Balaban J connectivity index is 1.75. The molecule has 2 saturated carbocycles. The van der Waals surface area contributed by atoms with E-state index in [-0.39, 0.29) is 5.56 Å². The topological polar surface area (TPSA) is 61.5 Å². The Morgan fingerprint density at radius 1 is 1.33 bits per heavy atom. The van der Waals surface area contributed by atoms with E-state index < -0.39 is 0 Å². The van der Waals surface area contributed by atoms with Gasteiger partial charge in [-0.1, -0.05) is 0 Å². The molecule has 94 valence electrons. The van der Waals surface area contributed by atoms with Crippen LogP contribution in [0.25, 0.3) is 11.0 Å². The van der Waals surface area contributed by atoms with Gasteiger partial charge in [0.2, 0.25) is 0 Å². The maximum atomic E-state index is 11.7. The van der Waals surface area contributed by atoms with Crippen LogP contribution in [0.2, 0.25) is 0 Å². The van der Waals surface area contributed by atoms with Gasteiger partial charge >= 0.3 is 0 Å². The molecule has 2 fully saturated rings. The second kappa shape index (κ2) is 3.46. The molecule has 18 heavy (non-hydrogen) atoms. The first-order chi connectivity index (χ1) is 8.76. The monoisotopic (exact) mass is 243 g/mol. The first-order valence-electron chi connectivity index (χ1n) is 6.79. The summed E-state index contributed by atoms with van der Waals surface area (Å²) in [6.45, 7) is 0. The third kappa shape index (κ3) is 1.38. The molecule has 0 aromatic carbocycles. The lowest BCUT2D eigenvalue weighted by Gasteiger charge is -2.25. The van der Waals surface area contributed by atoms with E-state index in [0.717, 1.165) is 17.9 Å². The molecule has 0 aliphatic heterocycles. The zero-order valence-corrected chi connectivity index (χ0v) is 10.3. The highest BCUT2D eigenvalue weighted by Crippen LogP contribution is 2.55. The Morgan fingerprint density at radius 3 is 2.89 bits per heavy atom. The molecule has 4 rings (SSSR count). The van der Waals surface area contributed by atoms with Gasteiger partial charge in [0.15, 0.2) is 0 Å². The Hall–Kier alpha value is -1.58. The molecule has 2 aliphatic carbocycles. The van der Waals surface area contributed by atoms with E-state index in [2.05, 4.69) is 15.0 Å². The Morgan fingerprint density at radius 2 is 2.17 bits per heavy atom. The highest BCUT2D eigenvalue weighted by molar-refractivity contribution is 5.77. The minimum Gasteiger partial charge on any atom is -0.355 e. The molecule has 2 aliphatic rings. The second-order valence-corrected chi connectivity index (χ2v) is 6.09. The van der Waals surface area contributed by atoms with E-state index >= 15 is 0 Å². The molecular formula is C14H17N3O. The van der Waals surface area contributed by atoms with E-state index in [4.69, 9.17) is 0 Å². The quantitative estimate of drug-likeness (QED) is 0.850. The second-order valence-electron chi connectivity index (χ2n) is 6.09. The Bertz CT molecular complexity index is 646. The van der Waals surface area contributed by atoms with Crippen LogP contribution < -0.4 is 5.56 Å². The number of hydrogen-bond acceptors (Lipinski definition) is 2. The minimum absolute atomic E-state index is 0.0699. The lowest BCUT2D eigenvalue weighted by molar-refractivity contribution is 0.293. The third-order valence-corrected chi connectivity index (χ3v) is 5.00. The molecule has 2 bridgehead atoms. The largest absolute Gasteiger partial charge is 0.355 e. The zero-order valence-electron chi connectivity index (χ0n) is 10.3. The van der Waals surface area contributed by atoms with Gasteiger partial charge in [0.05, 0.1) is 11.8 Å². The molecule has 2 aromatic heterocycles. The van der Waals surface area contributed by atoms with Gasteiger partial charge in [-0.15, -0.1) is 0 Å². The lowest BCUT2D eigenvalue weighted by atomic mass is 9.79. The number of rotatable bonds is 2. The molecule has 2 heterocycles. The Labute approximate surface area is 105 Å². The van der Waals surface area contributed by atoms with E-state index in [0.29, 0.717) is 10.9 Å². The van der Waals surface area contributed by atoms with Crippen molar-refractivity contribution in [2.75, 3.05) is 0 Å². The van der Waals surface area contributed by atoms with E-state index in [1.165, 1.54) is 44.0 Å². The maximum Gasteiger partial charge on any atom is 0.275 e. The summed E-state index contributed by atoms with van der Waals surface area (Å²) in [5.41, 5.74) is 3.14. The van der Waals surface area contributed by atoms with Gasteiger partial charge in [-0.2, -0.15) is 0 Å². The van der Waals surface area contributed by atoms with Crippen LogP contribution in [0, 0.1) is 11.3 Å². The maximum absolute atomic E-state index is 11.7. The van der Waals surface area contributed by atoms with Crippen molar-refractivity contribution in [3.63, 3.8) is 0 Å². The highest BCUT2D eigenvalue weighted by atomic mass is 16.1. The molecule has 0 unspecified atom stereocenters. The van der Waals surface area contributed by atoms with Crippen molar-refractivity contribution >= 4 is 11.0 Å². The summed E-state index contributed by atoms with van der Waals surface area (Å²) in [6.07, 6.45) is 11.5. The summed E-state index contributed by atoms with van der Waals surface area (Å²) in [4.78, 5) is 21.7. The van der Waals surface area contributed by atoms with Crippen molar-refractivity contribution in [3.8, 4) is 0 Å². The molecule has 0 atom stereocenters. The van der Waals surface area contributed by atoms with Crippen LogP contribution in [0.15, 0.2) is 17.3 Å². The minimum atomic E-state index is -0.0699. The average Bonchev–Trinajstić information content (AvgIpc) is 3.05. The summed E-state index contributed by atoms with van der Waals surface area (Å²) < 4.78 is 0. The highest BCUT2D eigenvalue weighted by Gasteiger charge is 2.44. The fraction of sp³-hybridized carbons (Fsp3) is 0.571. The molecule has 4 heteroatoms. The summed E-state index contributed by atoms with van der Waals surface area (Å²) in [5.74, 6) is 0.964. The molecule has 4 nitrogen and oxygen atoms in total. The van der Waals surface area contributed by atoms with Crippen molar-refractivity contribution in [3.05, 3.63) is 28.4 Å². The number of hydrogen-bond donors (Lipinski definition) is 2. The van der Waals surface area contributed by atoms with E-state index in [1.807, 2.05) is 6.20 Å². The average molecular weight is 243 g/mol. The molecular weight excluding hydrogens is 226 g/mol. The van der Waals surface area contributed by atoms with Crippen molar-refractivity contribution in [2.45, 2.75) is 38.5 Å². The van der Waals surface area contributed by atoms with Gasteiger partial charge in [-0.05, 0) is 55.4 Å². The van der Waals surface area contributed by atoms with Crippen LogP contribution in [0.5, 0.6) is 0 Å². The fourth-order valence-corrected chi connectivity index (χ4v) is 4.10. The van der Waals surface area contributed by atoms with Gasteiger partial charge in [0.1, 0.15) is 5.52 Å². The van der Waals surface area contributed by atoms with Crippen LogP contribution in [0.1, 0.15) is 37.7 Å². The predicted molar refractivity (Wildman–Crippen MR) is 69.4 cm³/mol. The van der Waals surface area contributed by atoms with Gasteiger partial charge in [0.25, 0.3) is 5.56 Å². The lowest BCUT2D eigenvalue weighted by Crippen LogP contribution is -2.17. The van der Waals surface area contributed by atoms with Crippen LogP contribution in [0.4, 0.5) is 0 Å². The standard InChI is InChI=1S/C14H17N3O/c18-13-12-11(16-8-17-13)10(7-15-12)6-14-3-1-9(5-14)2-4-14/h7-9,15H,1-6H2,(H,16,17,18). The molecule has 2 aromatic rings. The first kappa shape index (κ1) is 10.4. The van der Waals surface area contributed by atoms with Crippen LogP contribution >= 0.6 is 0 Å². The van der Waals surface area contributed by atoms with Crippen molar-refractivity contribution in [2.24, 2.45) is 11.3 Å². The van der Waals surface area contributed by atoms with Crippen molar-refractivity contribution < 1.29 is 0 Å². The predicted octanol–water partition coefficient (Wildman–Crippen LogP) is 2.37. The number of aromatic nitrogens is 3. The molecule has 2 N–H and O–H groups in total. The number of nitrogens with one attached hydrogen (secondary N) is 2. The van der Waals surface area contributed by atoms with Gasteiger partial charge in [-0.3, -0.25) is 4.79 Å². The van der Waals surface area contributed by atoms with E-state index in [1.54, 1.807) is 0 Å². The smallest absolute Gasteiger partial charge is 0.275 e. The molecule has 0 spiro atoms. The third-order valence-electron chi connectivity index (χ3n) is 5.00. The molecule has 0 amide bonds. The summed E-state index contributed by atoms with van der Waals surface area (Å²) in [6, 6.07) is 0. The first-order valence-corrected chi connectivity index (χ1v) is 6.79. The van der Waals surface area contributed by atoms with Crippen LogP contribution in [-0.2, 0) is 6.42 Å². The fourth-order valence-electron chi connectivity index (χ4n) is 4.10.